The van der Waals surface area contributed by atoms with E-state index in [4.69, 9.17) is 14.2 Å². The molecule has 34 heavy (non-hydrogen) atoms. The van der Waals surface area contributed by atoms with E-state index >= 15 is 0 Å². The van der Waals surface area contributed by atoms with Crippen molar-refractivity contribution in [3.63, 3.8) is 0 Å². The minimum absolute atomic E-state index is 0.231. The van der Waals surface area contributed by atoms with Crippen LogP contribution >= 0.6 is 11.8 Å². The number of thioether (sulfide) groups is 1. The van der Waals surface area contributed by atoms with E-state index in [0.717, 1.165) is 17.7 Å². The predicted molar refractivity (Wildman–Crippen MR) is 132 cm³/mol. The molecule has 1 aliphatic rings. The summed E-state index contributed by atoms with van der Waals surface area (Å²) in [5.74, 6) is 1.90. The summed E-state index contributed by atoms with van der Waals surface area (Å²) < 4.78 is 16.6. The molecule has 0 N–H and O–H groups in total. The molecule has 3 aromatic carbocycles. The van der Waals surface area contributed by atoms with E-state index in [0.29, 0.717) is 29.4 Å². The molecule has 0 aromatic heterocycles. The maximum absolute atomic E-state index is 13.6. The maximum Gasteiger partial charge on any atom is 0.329 e. The third kappa shape index (κ3) is 5.37. The highest BCUT2D eigenvalue weighted by Gasteiger charge is 2.43. The third-order valence-corrected chi connectivity index (χ3v) is 6.74. The number of carbonyl (C=O) groups is 2. The molecule has 1 fully saturated rings. The Kier molecular flexibility index (Phi) is 7.75. The lowest BCUT2D eigenvalue weighted by Gasteiger charge is -2.29. The first-order valence-corrected chi connectivity index (χ1v) is 12.2. The van der Waals surface area contributed by atoms with E-state index < -0.39 is 6.04 Å². The Hall–Kier alpha value is -3.45. The number of carbonyl (C=O) groups excluding carboxylic acids is 2. The van der Waals surface area contributed by atoms with Crippen LogP contribution in [0.5, 0.6) is 17.2 Å². The lowest BCUT2D eigenvalue weighted by atomic mass is 10.1. The van der Waals surface area contributed by atoms with Crippen LogP contribution in [0.4, 0.5) is 0 Å². The van der Waals surface area contributed by atoms with Crippen LogP contribution in [0, 0.1) is 0 Å². The second kappa shape index (κ2) is 11.1. The predicted octanol–water partition coefficient (Wildman–Crippen LogP) is 5.70. The fourth-order valence-electron chi connectivity index (χ4n) is 3.73. The van der Waals surface area contributed by atoms with E-state index in [1.54, 1.807) is 48.0 Å². The van der Waals surface area contributed by atoms with Gasteiger partial charge in [0, 0.05) is 11.3 Å². The molecule has 2 unspecified atom stereocenters. The normalized spacial score (nSPS) is 17.3. The Balaban J connectivity index is 1.64. The summed E-state index contributed by atoms with van der Waals surface area (Å²) in [5.41, 5.74) is 1.37. The Morgan fingerprint density at radius 1 is 0.941 bits per heavy atom. The van der Waals surface area contributed by atoms with Crippen LogP contribution in [0.2, 0.25) is 0 Å². The molecule has 0 radical (unpaired) electrons. The molecule has 6 nitrogen and oxygen atoms in total. The molecule has 1 heterocycles. The van der Waals surface area contributed by atoms with Crippen molar-refractivity contribution in [2.45, 2.75) is 24.8 Å². The number of benzene rings is 3. The van der Waals surface area contributed by atoms with Gasteiger partial charge in [0.1, 0.15) is 28.7 Å². The monoisotopic (exact) mass is 477 g/mol. The van der Waals surface area contributed by atoms with Crippen molar-refractivity contribution in [1.29, 1.82) is 0 Å². The highest BCUT2D eigenvalue weighted by molar-refractivity contribution is 7.99. The summed E-state index contributed by atoms with van der Waals surface area (Å²) in [6.07, 6.45) is 0.723. The van der Waals surface area contributed by atoms with Gasteiger partial charge in [-0.15, -0.1) is 11.8 Å². The number of ether oxygens (including phenoxy) is 3. The van der Waals surface area contributed by atoms with Gasteiger partial charge in [-0.25, -0.2) is 4.79 Å². The van der Waals surface area contributed by atoms with E-state index in [-0.39, 0.29) is 17.3 Å². The van der Waals surface area contributed by atoms with Gasteiger partial charge >= 0.3 is 5.97 Å². The van der Waals surface area contributed by atoms with Crippen molar-refractivity contribution in [3.05, 3.63) is 90.0 Å². The second-order valence-corrected chi connectivity index (χ2v) is 8.91. The summed E-state index contributed by atoms with van der Waals surface area (Å²) in [7, 11) is 1.58. The first-order chi connectivity index (χ1) is 16.6. The molecule has 4 rings (SSSR count). The number of hydrogen-bond donors (Lipinski definition) is 0. The van der Waals surface area contributed by atoms with Gasteiger partial charge in [-0.2, -0.15) is 0 Å². The molecule has 0 spiro atoms. The van der Waals surface area contributed by atoms with Gasteiger partial charge in [0.25, 0.3) is 5.91 Å². The first-order valence-electron chi connectivity index (χ1n) is 11.2. The van der Waals surface area contributed by atoms with Crippen molar-refractivity contribution in [3.8, 4) is 17.2 Å². The number of rotatable bonds is 8. The minimum Gasteiger partial charge on any atom is -0.497 e. The maximum atomic E-state index is 13.6. The third-order valence-electron chi connectivity index (χ3n) is 5.41. The molecule has 3 aromatic rings. The zero-order valence-electron chi connectivity index (χ0n) is 19.2. The van der Waals surface area contributed by atoms with Crippen molar-refractivity contribution in [1.82, 2.24) is 4.90 Å². The van der Waals surface area contributed by atoms with E-state index in [1.807, 2.05) is 61.5 Å². The van der Waals surface area contributed by atoms with Crippen LogP contribution in [0.3, 0.4) is 0 Å². The molecular formula is C27H27NO5S. The Labute approximate surface area is 203 Å². The fourth-order valence-corrected chi connectivity index (χ4v) is 5.13. The number of methoxy groups -OCH3 is 1. The van der Waals surface area contributed by atoms with Crippen molar-refractivity contribution in [2.75, 3.05) is 19.5 Å². The smallest absolute Gasteiger partial charge is 0.329 e. The average molecular weight is 478 g/mol. The summed E-state index contributed by atoms with van der Waals surface area (Å²) in [6.45, 7) is 2.27. The fraction of sp³-hybridized carbons (Fsp3) is 0.259. The van der Waals surface area contributed by atoms with E-state index in [9.17, 15) is 9.59 Å². The molecule has 1 amide bonds. The SMILES string of the molecule is CCCOC(=O)C1CSC(c2cccc(Oc3ccccc3)c2)N1C(=O)c1ccc(OC)cc1. The van der Waals surface area contributed by atoms with Gasteiger partial charge in [0.15, 0.2) is 0 Å². The minimum atomic E-state index is -0.671. The van der Waals surface area contributed by atoms with Crippen LogP contribution in [0.1, 0.15) is 34.6 Å². The summed E-state index contributed by atoms with van der Waals surface area (Å²) in [5, 5.41) is -0.354. The number of nitrogens with zero attached hydrogens (tertiary/aromatic N) is 1. The highest BCUT2D eigenvalue weighted by atomic mass is 32.2. The molecule has 0 saturated carbocycles. The summed E-state index contributed by atoms with van der Waals surface area (Å²) in [4.78, 5) is 28.1. The Morgan fingerprint density at radius 3 is 2.38 bits per heavy atom. The molecular weight excluding hydrogens is 450 g/mol. The highest BCUT2D eigenvalue weighted by Crippen LogP contribution is 2.43. The molecule has 2 atom stereocenters. The van der Waals surface area contributed by atoms with E-state index in [1.165, 1.54) is 0 Å². The zero-order valence-corrected chi connectivity index (χ0v) is 20.0. The average Bonchev–Trinajstić information content (AvgIpc) is 3.33. The number of para-hydroxylation sites is 1. The van der Waals surface area contributed by atoms with Gasteiger partial charge in [0.05, 0.1) is 13.7 Å². The molecule has 7 heteroatoms. The van der Waals surface area contributed by atoms with Crippen LogP contribution in [-0.4, -0.2) is 42.3 Å². The lowest BCUT2D eigenvalue weighted by molar-refractivity contribution is -0.148. The van der Waals surface area contributed by atoms with Crippen molar-refractivity contribution >= 4 is 23.6 Å². The topological polar surface area (TPSA) is 65.1 Å². The summed E-state index contributed by atoms with van der Waals surface area (Å²) >= 11 is 1.54. The first kappa shape index (κ1) is 23.7. The van der Waals surface area contributed by atoms with Gasteiger partial charge in [0.2, 0.25) is 0 Å². The van der Waals surface area contributed by atoms with E-state index in [2.05, 4.69) is 0 Å². The van der Waals surface area contributed by atoms with Crippen LogP contribution in [-0.2, 0) is 9.53 Å². The van der Waals surface area contributed by atoms with Gasteiger partial charge in [-0.05, 0) is 60.5 Å². The molecule has 0 aliphatic carbocycles. The van der Waals surface area contributed by atoms with Crippen molar-refractivity contribution < 1.29 is 23.8 Å². The number of esters is 1. The lowest BCUT2D eigenvalue weighted by Crippen LogP contribution is -2.44. The van der Waals surface area contributed by atoms with Crippen LogP contribution in [0.25, 0.3) is 0 Å². The van der Waals surface area contributed by atoms with Crippen LogP contribution in [0.15, 0.2) is 78.9 Å². The second-order valence-electron chi connectivity index (χ2n) is 7.80. The Bertz CT molecular complexity index is 1120. The molecule has 1 aliphatic heterocycles. The molecule has 0 bridgehead atoms. The largest absolute Gasteiger partial charge is 0.497 e. The molecule has 176 valence electrons. The number of amides is 1. The molecule has 1 saturated heterocycles. The Morgan fingerprint density at radius 2 is 1.68 bits per heavy atom. The quantitative estimate of drug-likeness (QED) is 0.388. The van der Waals surface area contributed by atoms with Gasteiger partial charge in [-0.1, -0.05) is 37.3 Å². The van der Waals surface area contributed by atoms with Crippen molar-refractivity contribution in [2.24, 2.45) is 0 Å². The zero-order chi connectivity index (χ0) is 23.9. The van der Waals surface area contributed by atoms with Crippen LogP contribution < -0.4 is 9.47 Å². The van der Waals surface area contributed by atoms with Gasteiger partial charge in [-0.3, -0.25) is 4.79 Å². The number of hydrogen-bond acceptors (Lipinski definition) is 6. The summed E-state index contributed by atoms with van der Waals surface area (Å²) in [6, 6.07) is 23.4. The standard InChI is InChI=1S/C27H27NO5S/c1-3-16-32-27(30)24-18-34-26(28(24)25(29)19-12-14-21(31-2)15-13-19)20-8-7-11-23(17-20)33-22-9-5-4-6-10-22/h4-15,17,24,26H,3,16,18H2,1-2H3. The van der Waals surface area contributed by atoms with Gasteiger partial charge < -0.3 is 19.1 Å².